The van der Waals surface area contributed by atoms with E-state index in [4.69, 9.17) is 11.0 Å². The maximum atomic E-state index is 13.5. The van der Waals surface area contributed by atoms with Crippen LogP contribution in [0.5, 0.6) is 0 Å². The number of hydrogen-bond donors (Lipinski definition) is 2. The van der Waals surface area contributed by atoms with Crippen molar-refractivity contribution in [2.75, 3.05) is 11.1 Å². The van der Waals surface area contributed by atoms with Crippen LogP contribution in [-0.4, -0.2) is 5.91 Å². The van der Waals surface area contributed by atoms with Gasteiger partial charge < -0.3 is 11.1 Å². The molecule has 0 aliphatic rings. The Morgan fingerprint density at radius 1 is 1.29 bits per heavy atom. The van der Waals surface area contributed by atoms with Crippen LogP contribution in [0.4, 0.5) is 20.2 Å². The van der Waals surface area contributed by atoms with E-state index >= 15 is 0 Å². The van der Waals surface area contributed by atoms with Gasteiger partial charge in [0.15, 0.2) is 11.6 Å². The van der Waals surface area contributed by atoms with Crippen molar-refractivity contribution in [2.45, 2.75) is 6.42 Å². The van der Waals surface area contributed by atoms with Crippen LogP contribution in [0.2, 0.25) is 0 Å². The average molecular weight is 287 g/mol. The highest BCUT2D eigenvalue weighted by molar-refractivity contribution is 5.95. The Bertz CT molecular complexity index is 738. The summed E-state index contributed by atoms with van der Waals surface area (Å²) in [6.45, 7) is 0. The van der Waals surface area contributed by atoms with E-state index in [9.17, 15) is 13.6 Å². The summed E-state index contributed by atoms with van der Waals surface area (Å²) in [4.78, 5) is 11.8. The average Bonchev–Trinajstić information content (AvgIpc) is 2.46. The first-order chi connectivity index (χ1) is 10.0. The van der Waals surface area contributed by atoms with Crippen molar-refractivity contribution in [3.63, 3.8) is 0 Å². The number of nitriles is 1. The van der Waals surface area contributed by atoms with Gasteiger partial charge in [-0.15, -0.1) is 0 Å². The van der Waals surface area contributed by atoms with Gasteiger partial charge in [-0.1, -0.05) is 12.1 Å². The molecule has 0 aliphatic carbocycles. The zero-order valence-corrected chi connectivity index (χ0v) is 10.9. The molecule has 106 valence electrons. The lowest BCUT2D eigenvalue weighted by atomic mass is 10.1. The molecular formula is C15H11F2N3O. The fourth-order valence-electron chi connectivity index (χ4n) is 1.80. The lowest BCUT2D eigenvalue weighted by Gasteiger charge is -2.09. The number of halogens is 2. The number of nitrogens with one attached hydrogen (secondary N) is 1. The lowest BCUT2D eigenvalue weighted by molar-refractivity contribution is -0.115. The van der Waals surface area contributed by atoms with E-state index in [0.717, 1.165) is 6.07 Å². The molecule has 0 aromatic heterocycles. The third-order valence-corrected chi connectivity index (χ3v) is 2.84. The van der Waals surface area contributed by atoms with Gasteiger partial charge in [0.1, 0.15) is 0 Å². The summed E-state index contributed by atoms with van der Waals surface area (Å²) in [6.07, 6.45) is -0.316. The molecule has 0 fully saturated rings. The molecule has 21 heavy (non-hydrogen) atoms. The monoisotopic (exact) mass is 287 g/mol. The topological polar surface area (TPSA) is 78.9 Å². The Labute approximate surface area is 119 Å². The number of amides is 1. The third-order valence-electron chi connectivity index (χ3n) is 2.84. The molecule has 4 nitrogen and oxygen atoms in total. The molecule has 2 rings (SSSR count). The van der Waals surface area contributed by atoms with Gasteiger partial charge in [-0.2, -0.15) is 5.26 Å². The van der Waals surface area contributed by atoms with E-state index < -0.39 is 17.5 Å². The second-order valence-corrected chi connectivity index (χ2v) is 4.35. The lowest BCUT2D eigenvalue weighted by Crippen LogP contribution is -2.16. The molecule has 0 aliphatic heterocycles. The maximum Gasteiger partial charge on any atom is 0.228 e. The number of anilines is 2. The molecule has 0 saturated carbocycles. The predicted molar refractivity (Wildman–Crippen MR) is 74.3 cm³/mol. The summed E-state index contributed by atoms with van der Waals surface area (Å²) in [7, 11) is 0. The van der Waals surface area contributed by atoms with E-state index in [-0.39, 0.29) is 17.7 Å². The smallest absolute Gasteiger partial charge is 0.228 e. The van der Waals surface area contributed by atoms with E-state index in [1.165, 1.54) is 30.3 Å². The van der Waals surface area contributed by atoms with Gasteiger partial charge in [0.2, 0.25) is 5.91 Å². The quantitative estimate of drug-likeness (QED) is 0.852. The summed E-state index contributed by atoms with van der Waals surface area (Å²) in [5, 5.41) is 11.2. The summed E-state index contributed by atoms with van der Waals surface area (Å²) in [5.74, 6) is -2.57. The predicted octanol–water partition coefficient (Wildman–Crippen LogP) is 2.60. The van der Waals surface area contributed by atoms with Crippen LogP contribution in [-0.2, 0) is 11.2 Å². The molecule has 0 unspecified atom stereocenters. The highest BCUT2D eigenvalue weighted by Gasteiger charge is 2.12. The van der Waals surface area contributed by atoms with Crippen molar-refractivity contribution in [2.24, 2.45) is 0 Å². The van der Waals surface area contributed by atoms with E-state index in [1.54, 1.807) is 0 Å². The molecule has 2 aromatic carbocycles. The normalized spacial score (nSPS) is 9.95. The van der Waals surface area contributed by atoms with Gasteiger partial charge >= 0.3 is 0 Å². The molecule has 2 aromatic rings. The van der Waals surface area contributed by atoms with Crippen LogP contribution < -0.4 is 11.1 Å². The first-order valence-electron chi connectivity index (χ1n) is 6.03. The number of rotatable bonds is 3. The number of nitrogens with zero attached hydrogens (tertiary/aromatic N) is 1. The van der Waals surface area contributed by atoms with Crippen LogP contribution >= 0.6 is 0 Å². The molecule has 0 heterocycles. The van der Waals surface area contributed by atoms with Gasteiger partial charge in [0.05, 0.1) is 29.4 Å². The zero-order valence-electron chi connectivity index (χ0n) is 10.9. The third kappa shape index (κ3) is 3.34. The van der Waals surface area contributed by atoms with E-state index in [0.29, 0.717) is 11.3 Å². The van der Waals surface area contributed by atoms with Crippen LogP contribution in [0.25, 0.3) is 0 Å². The largest absolute Gasteiger partial charge is 0.397 e. The van der Waals surface area contributed by atoms with Gasteiger partial charge in [0, 0.05) is 5.56 Å². The Balaban J connectivity index is 2.12. The minimum atomic E-state index is -1.04. The summed E-state index contributed by atoms with van der Waals surface area (Å²) in [6, 6.07) is 9.95. The Kier molecular flexibility index (Phi) is 4.14. The Morgan fingerprint density at radius 2 is 2.05 bits per heavy atom. The van der Waals surface area contributed by atoms with Crippen molar-refractivity contribution in [3.05, 3.63) is 59.2 Å². The van der Waals surface area contributed by atoms with Crippen molar-refractivity contribution in [3.8, 4) is 6.07 Å². The molecule has 1 amide bonds. The van der Waals surface area contributed by atoms with Crippen LogP contribution in [0.15, 0.2) is 36.4 Å². The highest BCUT2D eigenvalue weighted by Crippen LogP contribution is 2.20. The standard InChI is InChI=1S/C15H11F2N3O/c16-11-3-1-2-10(15(11)17)7-14(21)20-13-5-4-9(8-18)6-12(13)19/h1-6H,7,19H2,(H,20,21). The molecular weight excluding hydrogens is 276 g/mol. The summed E-state index contributed by atoms with van der Waals surface area (Å²) in [5.41, 5.74) is 6.55. The first-order valence-corrected chi connectivity index (χ1v) is 6.03. The molecule has 0 bridgehead atoms. The highest BCUT2D eigenvalue weighted by atomic mass is 19.2. The van der Waals surface area contributed by atoms with Crippen molar-refractivity contribution >= 4 is 17.3 Å². The molecule has 3 N–H and O–H groups in total. The Morgan fingerprint density at radius 3 is 2.71 bits per heavy atom. The van der Waals surface area contributed by atoms with Crippen molar-refractivity contribution < 1.29 is 13.6 Å². The van der Waals surface area contributed by atoms with Crippen molar-refractivity contribution in [1.82, 2.24) is 0 Å². The number of hydrogen-bond acceptors (Lipinski definition) is 3. The summed E-state index contributed by atoms with van der Waals surface area (Å²) >= 11 is 0. The number of nitrogens with two attached hydrogens (primary N) is 1. The van der Waals surface area contributed by atoms with Gasteiger partial charge in [-0.05, 0) is 24.3 Å². The number of carbonyl (C=O) groups excluding carboxylic acids is 1. The molecule has 0 spiro atoms. The van der Waals surface area contributed by atoms with Crippen LogP contribution in [0, 0.1) is 23.0 Å². The SMILES string of the molecule is N#Cc1ccc(NC(=O)Cc2cccc(F)c2F)c(N)c1. The van der Waals surface area contributed by atoms with Gasteiger partial charge in [-0.25, -0.2) is 8.78 Å². The van der Waals surface area contributed by atoms with Crippen LogP contribution in [0.3, 0.4) is 0 Å². The fraction of sp³-hybridized carbons (Fsp3) is 0.0667. The number of nitrogen functional groups attached to an aromatic ring is 1. The van der Waals surface area contributed by atoms with Gasteiger partial charge in [0.25, 0.3) is 0 Å². The minimum Gasteiger partial charge on any atom is -0.397 e. The first kappa shape index (κ1) is 14.5. The molecule has 0 atom stereocenters. The summed E-state index contributed by atoms with van der Waals surface area (Å²) < 4.78 is 26.5. The van der Waals surface area contributed by atoms with E-state index in [2.05, 4.69) is 5.32 Å². The minimum absolute atomic E-state index is 0.0419. The van der Waals surface area contributed by atoms with Gasteiger partial charge in [-0.3, -0.25) is 4.79 Å². The molecule has 0 saturated heterocycles. The zero-order chi connectivity index (χ0) is 15.4. The second-order valence-electron chi connectivity index (χ2n) is 4.35. The number of carbonyl (C=O) groups is 1. The maximum absolute atomic E-state index is 13.5. The molecule has 0 radical (unpaired) electrons. The fourth-order valence-corrected chi connectivity index (χ4v) is 1.80. The molecule has 6 heteroatoms. The number of benzene rings is 2. The Hall–Kier alpha value is -2.94. The van der Waals surface area contributed by atoms with E-state index in [1.807, 2.05) is 6.07 Å². The second kappa shape index (κ2) is 6.01. The van der Waals surface area contributed by atoms with Crippen LogP contribution in [0.1, 0.15) is 11.1 Å². The van der Waals surface area contributed by atoms with Crippen molar-refractivity contribution in [1.29, 1.82) is 5.26 Å².